The van der Waals surface area contributed by atoms with E-state index < -0.39 is 6.29 Å². The van der Waals surface area contributed by atoms with Crippen LogP contribution in [0.5, 0.6) is 0 Å². The monoisotopic (exact) mass is 534 g/mol. The van der Waals surface area contributed by atoms with E-state index >= 15 is 0 Å². The second-order valence-corrected chi connectivity index (χ2v) is 10.1. The first kappa shape index (κ1) is 31.7. The molecule has 2 aliphatic rings. The van der Waals surface area contributed by atoms with Crippen molar-refractivity contribution in [1.29, 1.82) is 0 Å². The molecule has 0 spiro atoms. The van der Waals surface area contributed by atoms with Gasteiger partial charge in [0.1, 0.15) is 5.69 Å². The number of unbranched alkanes of at least 4 members (excludes halogenated alkanes) is 3. The molecule has 7 nitrogen and oxygen atoms in total. The minimum absolute atomic E-state index is 0.0226. The quantitative estimate of drug-likeness (QED) is 0.0562. The third-order valence-corrected chi connectivity index (χ3v) is 6.68. The highest BCUT2D eigenvalue weighted by Crippen LogP contribution is 2.40. The van der Waals surface area contributed by atoms with Crippen molar-refractivity contribution >= 4 is 17.5 Å². The van der Waals surface area contributed by atoms with E-state index in [1.54, 1.807) is 11.8 Å². The van der Waals surface area contributed by atoms with E-state index in [-0.39, 0.29) is 18.0 Å². The Labute approximate surface area is 228 Å². The smallest absolute Gasteiger partial charge is 0.222 e. The lowest BCUT2D eigenvalue weighted by atomic mass is 10.2. The van der Waals surface area contributed by atoms with Crippen LogP contribution in [0.4, 0.5) is 0 Å². The van der Waals surface area contributed by atoms with Crippen molar-refractivity contribution in [3.63, 3.8) is 0 Å². The first-order chi connectivity index (χ1) is 18.1. The summed E-state index contributed by atoms with van der Waals surface area (Å²) in [6.45, 7) is 12.3. The molecule has 8 heteroatoms. The van der Waals surface area contributed by atoms with Crippen LogP contribution >= 0.6 is 11.8 Å². The van der Waals surface area contributed by atoms with Gasteiger partial charge in [-0.15, -0.1) is 0 Å². The van der Waals surface area contributed by atoms with Crippen LogP contribution in [0.25, 0.3) is 0 Å². The van der Waals surface area contributed by atoms with Gasteiger partial charge in [-0.3, -0.25) is 4.79 Å². The van der Waals surface area contributed by atoms with E-state index in [1.165, 1.54) is 38.5 Å². The summed E-state index contributed by atoms with van der Waals surface area (Å²) in [5.41, 5.74) is 2.04. The highest BCUT2D eigenvalue weighted by molar-refractivity contribution is 7.99. The zero-order valence-electron chi connectivity index (χ0n) is 23.4. The number of nitrogens with zero attached hydrogens (tertiary/aromatic N) is 2. The molecule has 0 N–H and O–H groups in total. The maximum absolute atomic E-state index is 11.2. The fourth-order valence-electron chi connectivity index (χ4n) is 3.46. The van der Waals surface area contributed by atoms with Crippen molar-refractivity contribution in [2.24, 2.45) is 5.92 Å². The minimum Gasteiger partial charge on any atom is -0.347 e. The molecule has 3 rings (SSSR count). The first-order valence-electron chi connectivity index (χ1n) is 14.1. The number of aromatic nitrogens is 2. The summed E-state index contributed by atoms with van der Waals surface area (Å²) >= 11 is 1.76. The summed E-state index contributed by atoms with van der Waals surface area (Å²) < 4.78 is 21.8. The molecule has 2 saturated carbocycles. The molecule has 2 aliphatic carbocycles. The van der Waals surface area contributed by atoms with Gasteiger partial charge in [0.15, 0.2) is 5.16 Å². The standard InChI is InChI=1S/C18H30N2O2S.C11H16O3/c1-4-7-8-9-12-23-18-19-15(14-10-11-14)13-16(20-18)17(21-5-2)22-6-3;1-3-13-11(14-4-2)8-7-10(12)9-5-6-9/h13-14,17H,4-12H2,1-3H3;9,11H,3-6H2,1-2H3. The fraction of sp³-hybridized carbons (Fsp3) is 0.759. The molecule has 0 unspecified atom stereocenters. The zero-order valence-corrected chi connectivity index (χ0v) is 24.2. The number of ketones is 1. The normalized spacial score (nSPS) is 14.8. The van der Waals surface area contributed by atoms with E-state index in [4.69, 9.17) is 28.9 Å². The van der Waals surface area contributed by atoms with Gasteiger partial charge in [0.2, 0.25) is 18.4 Å². The van der Waals surface area contributed by atoms with E-state index in [0.29, 0.717) is 32.3 Å². The summed E-state index contributed by atoms with van der Waals surface area (Å²) in [6.07, 6.45) is 8.64. The molecule has 2 fully saturated rings. The topological polar surface area (TPSA) is 79.8 Å². The Hall–Kier alpha value is -1.50. The second-order valence-electron chi connectivity index (χ2n) is 9.08. The molecular weight excluding hydrogens is 488 g/mol. The van der Waals surface area contributed by atoms with Crippen LogP contribution in [0, 0.1) is 17.8 Å². The lowest BCUT2D eigenvalue weighted by Gasteiger charge is -2.17. The van der Waals surface area contributed by atoms with Crippen molar-refractivity contribution in [1.82, 2.24) is 9.97 Å². The van der Waals surface area contributed by atoms with E-state index in [9.17, 15) is 4.79 Å². The summed E-state index contributed by atoms with van der Waals surface area (Å²) in [4.78, 5) is 20.7. The van der Waals surface area contributed by atoms with Crippen LogP contribution in [0.3, 0.4) is 0 Å². The summed E-state index contributed by atoms with van der Waals surface area (Å²) in [5, 5.41) is 0.880. The Morgan fingerprint density at radius 1 is 0.919 bits per heavy atom. The number of rotatable bonds is 17. The average Bonchev–Trinajstić information content (AvgIpc) is 3.80. The molecule has 1 aromatic rings. The Kier molecular flexibility index (Phi) is 16.0. The Morgan fingerprint density at radius 3 is 2.11 bits per heavy atom. The molecule has 208 valence electrons. The second kappa shape index (κ2) is 18.7. The van der Waals surface area contributed by atoms with Crippen LogP contribution < -0.4 is 0 Å². The third kappa shape index (κ3) is 13.2. The van der Waals surface area contributed by atoms with E-state index in [1.807, 2.05) is 27.7 Å². The van der Waals surface area contributed by atoms with Crippen LogP contribution in [-0.4, -0.2) is 54.2 Å². The van der Waals surface area contributed by atoms with Gasteiger partial charge >= 0.3 is 0 Å². The minimum atomic E-state index is -0.548. The average molecular weight is 535 g/mol. The van der Waals surface area contributed by atoms with Gasteiger partial charge in [-0.25, -0.2) is 9.97 Å². The van der Waals surface area contributed by atoms with Gasteiger partial charge in [-0.2, -0.15) is 0 Å². The molecule has 1 heterocycles. The highest BCUT2D eigenvalue weighted by atomic mass is 32.2. The molecule has 0 radical (unpaired) electrons. The van der Waals surface area contributed by atoms with Crippen LogP contribution in [0.1, 0.15) is 110 Å². The molecule has 0 aliphatic heterocycles. The molecule has 0 atom stereocenters. The largest absolute Gasteiger partial charge is 0.347 e. The van der Waals surface area contributed by atoms with Crippen LogP contribution in [0.15, 0.2) is 11.2 Å². The Morgan fingerprint density at radius 2 is 1.57 bits per heavy atom. The summed E-state index contributed by atoms with van der Waals surface area (Å²) in [6, 6.07) is 2.08. The Bertz CT molecular complexity index is 836. The molecular formula is C29H46N2O5S. The number of thioether (sulfide) groups is 1. The van der Waals surface area contributed by atoms with Crippen molar-refractivity contribution in [2.45, 2.75) is 110 Å². The van der Waals surface area contributed by atoms with E-state index in [2.05, 4.69) is 24.8 Å². The van der Waals surface area contributed by atoms with Crippen molar-refractivity contribution in [3.05, 3.63) is 17.5 Å². The maximum Gasteiger partial charge on any atom is 0.222 e. The number of hydrogen-bond donors (Lipinski definition) is 0. The number of carbonyl (C=O) groups is 1. The number of ether oxygens (including phenoxy) is 4. The van der Waals surface area contributed by atoms with Crippen LogP contribution in [-0.2, 0) is 23.7 Å². The van der Waals surface area contributed by atoms with Crippen molar-refractivity contribution < 1.29 is 23.7 Å². The first-order valence-corrected chi connectivity index (χ1v) is 15.1. The van der Waals surface area contributed by atoms with Gasteiger partial charge in [0.05, 0.1) is 0 Å². The number of carbonyl (C=O) groups excluding carboxylic acids is 1. The highest BCUT2D eigenvalue weighted by Gasteiger charge is 2.28. The van der Waals surface area contributed by atoms with Gasteiger partial charge in [-0.05, 0) is 77.7 Å². The number of hydrogen-bond acceptors (Lipinski definition) is 8. The van der Waals surface area contributed by atoms with Crippen molar-refractivity contribution in [2.75, 3.05) is 32.2 Å². The van der Waals surface area contributed by atoms with Crippen molar-refractivity contribution in [3.8, 4) is 11.8 Å². The number of Topliss-reactive ketones (excluding diaryl/α,β-unsaturated/α-hetero) is 1. The molecule has 0 saturated heterocycles. The Balaban J connectivity index is 0.000000294. The third-order valence-electron chi connectivity index (χ3n) is 5.74. The zero-order chi connectivity index (χ0) is 26.9. The summed E-state index contributed by atoms with van der Waals surface area (Å²) in [5.74, 6) is 7.18. The molecule has 37 heavy (non-hydrogen) atoms. The lowest BCUT2D eigenvalue weighted by molar-refractivity contribution is -0.143. The van der Waals surface area contributed by atoms with Gasteiger partial charge in [0, 0.05) is 49.7 Å². The lowest BCUT2D eigenvalue weighted by Crippen LogP contribution is -2.15. The molecule has 0 amide bonds. The van der Waals surface area contributed by atoms with Gasteiger partial charge in [-0.1, -0.05) is 37.9 Å². The molecule has 1 aromatic heterocycles. The maximum atomic E-state index is 11.2. The summed E-state index contributed by atoms with van der Waals surface area (Å²) in [7, 11) is 0. The predicted octanol–water partition coefficient (Wildman–Crippen LogP) is 6.47. The predicted molar refractivity (Wildman–Crippen MR) is 147 cm³/mol. The van der Waals surface area contributed by atoms with Crippen LogP contribution in [0.2, 0.25) is 0 Å². The molecule has 0 bridgehead atoms. The molecule has 0 aromatic carbocycles. The van der Waals surface area contributed by atoms with E-state index in [0.717, 1.165) is 35.1 Å². The fourth-order valence-corrected chi connectivity index (χ4v) is 4.33. The van der Waals surface area contributed by atoms with Gasteiger partial charge < -0.3 is 18.9 Å². The SMILES string of the molecule is CCCCCCSc1nc(C2CC2)cc(C(OCC)OCC)n1.CCOC(C#CC(=O)C1CC1)OCC. The van der Waals surface area contributed by atoms with Gasteiger partial charge in [0.25, 0.3) is 0 Å².